The van der Waals surface area contributed by atoms with Crippen LogP contribution in [0.3, 0.4) is 0 Å². The van der Waals surface area contributed by atoms with Crippen LogP contribution in [-0.2, 0) is 4.74 Å². The van der Waals surface area contributed by atoms with Gasteiger partial charge in [-0.3, -0.25) is 0 Å². The van der Waals surface area contributed by atoms with Crippen molar-refractivity contribution in [3.8, 4) is 0 Å². The Morgan fingerprint density at radius 1 is 1.58 bits per heavy atom. The van der Waals surface area contributed by atoms with Crippen LogP contribution in [0.25, 0.3) is 0 Å². The van der Waals surface area contributed by atoms with Gasteiger partial charge in [-0.05, 0) is 6.42 Å². The maximum atomic E-state index is 8.92. The normalized spacial score (nSPS) is 23.2. The third-order valence-corrected chi connectivity index (χ3v) is 2.43. The van der Waals surface area contributed by atoms with Gasteiger partial charge in [0.1, 0.15) is 0 Å². The Labute approximate surface area is 74.1 Å². The number of ether oxygens (including phenoxy) is 1. The van der Waals surface area contributed by atoms with Gasteiger partial charge in [0.15, 0.2) is 0 Å². The Hall–Kier alpha value is -0.120. The zero-order valence-corrected chi connectivity index (χ0v) is 7.97. The molecule has 0 aromatic carbocycles. The predicted octanol–water partition coefficient (Wildman–Crippen LogP) is 0.383. The van der Waals surface area contributed by atoms with E-state index in [2.05, 4.69) is 19.2 Å². The number of aliphatic hydroxyl groups excluding tert-OH is 1. The fraction of sp³-hybridized carbons (Fsp3) is 1.00. The Balaban J connectivity index is 2.14. The summed E-state index contributed by atoms with van der Waals surface area (Å²) in [6.07, 6.45) is 0.980. The number of nitrogens with one attached hydrogen (secondary N) is 1. The number of aliphatic hydroxyl groups is 1. The maximum absolute atomic E-state index is 8.92. The minimum atomic E-state index is 0.230. The summed E-state index contributed by atoms with van der Waals surface area (Å²) in [5.41, 5.74) is 0.308. The van der Waals surface area contributed by atoms with Gasteiger partial charge < -0.3 is 15.2 Å². The minimum Gasteiger partial charge on any atom is -0.395 e. The highest BCUT2D eigenvalue weighted by atomic mass is 16.5. The van der Waals surface area contributed by atoms with E-state index in [9.17, 15) is 0 Å². The van der Waals surface area contributed by atoms with Crippen LogP contribution < -0.4 is 5.32 Å². The van der Waals surface area contributed by atoms with E-state index in [0.717, 1.165) is 26.2 Å². The minimum absolute atomic E-state index is 0.230. The van der Waals surface area contributed by atoms with Gasteiger partial charge >= 0.3 is 0 Å². The van der Waals surface area contributed by atoms with Crippen LogP contribution >= 0.6 is 0 Å². The quantitative estimate of drug-likeness (QED) is 0.631. The van der Waals surface area contributed by atoms with Gasteiger partial charge in [0.25, 0.3) is 0 Å². The second-order valence-electron chi connectivity index (χ2n) is 3.97. The molecule has 2 N–H and O–H groups in total. The molecule has 0 radical (unpaired) electrons. The first kappa shape index (κ1) is 9.96. The van der Waals surface area contributed by atoms with Crippen LogP contribution in [-0.4, -0.2) is 37.5 Å². The number of rotatable bonds is 5. The molecule has 1 unspecified atom stereocenters. The van der Waals surface area contributed by atoms with Crippen LogP contribution in [0.4, 0.5) is 0 Å². The van der Waals surface area contributed by atoms with Crippen molar-refractivity contribution in [1.82, 2.24) is 5.32 Å². The van der Waals surface area contributed by atoms with Gasteiger partial charge in [0.2, 0.25) is 0 Å². The van der Waals surface area contributed by atoms with Crippen LogP contribution in [0.5, 0.6) is 0 Å². The lowest BCUT2D eigenvalue weighted by molar-refractivity contribution is -0.100. The van der Waals surface area contributed by atoms with Gasteiger partial charge in [0, 0.05) is 18.0 Å². The number of hydrogen-bond acceptors (Lipinski definition) is 3. The molecule has 1 aliphatic rings. The largest absolute Gasteiger partial charge is 0.395 e. The van der Waals surface area contributed by atoms with Gasteiger partial charge in [0.05, 0.1) is 19.8 Å². The lowest BCUT2D eigenvalue weighted by Crippen LogP contribution is -2.50. The summed E-state index contributed by atoms with van der Waals surface area (Å²) < 4.78 is 5.13. The van der Waals surface area contributed by atoms with Crippen LogP contribution in [0.1, 0.15) is 20.3 Å². The van der Waals surface area contributed by atoms with E-state index in [1.165, 1.54) is 0 Å². The SMILES string of the molecule is CCC(CO)NCC1(C)COC1. The molecule has 1 saturated heterocycles. The molecule has 12 heavy (non-hydrogen) atoms. The summed E-state index contributed by atoms with van der Waals surface area (Å²) in [5.74, 6) is 0. The molecular formula is C9H19NO2. The molecule has 0 aromatic rings. The molecule has 0 bridgehead atoms. The highest BCUT2D eigenvalue weighted by molar-refractivity contribution is 4.84. The fourth-order valence-corrected chi connectivity index (χ4v) is 1.28. The summed E-state index contributed by atoms with van der Waals surface area (Å²) in [6.45, 7) is 7.16. The smallest absolute Gasteiger partial charge is 0.0584 e. The van der Waals surface area contributed by atoms with E-state index in [1.807, 2.05) is 0 Å². The third kappa shape index (κ3) is 2.44. The summed E-state index contributed by atoms with van der Waals surface area (Å²) in [6, 6.07) is 0.252. The Morgan fingerprint density at radius 2 is 2.25 bits per heavy atom. The fourth-order valence-electron chi connectivity index (χ4n) is 1.28. The van der Waals surface area contributed by atoms with E-state index in [0.29, 0.717) is 5.41 Å². The lowest BCUT2D eigenvalue weighted by Gasteiger charge is -2.39. The van der Waals surface area contributed by atoms with Crippen LogP contribution in [0.15, 0.2) is 0 Å². The summed E-state index contributed by atoms with van der Waals surface area (Å²) in [4.78, 5) is 0. The van der Waals surface area contributed by atoms with Crippen LogP contribution in [0, 0.1) is 5.41 Å². The predicted molar refractivity (Wildman–Crippen MR) is 48.1 cm³/mol. The van der Waals surface area contributed by atoms with E-state index in [-0.39, 0.29) is 12.6 Å². The molecule has 0 amide bonds. The van der Waals surface area contributed by atoms with Gasteiger partial charge in [-0.1, -0.05) is 13.8 Å². The first-order valence-electron chi connectivity index (χ1n) is 4.62. The van der Waals surface area contributed by atoms with Crippen molar-refractivity contribution >= 4 is 0 Å². The van der Waals surface area contributed by atoms with Crippen molar-refractivity contribution in [2.45, 2.75) is 26.3 Å². The average molecular weight is 173 g/mol. The van der Waals surface area contributed by atoms with Crippen LogP contribution in [0.2, 0.25) is 0 Å². The molecule has 3 heteroatoms. The van der Waals surface area contributed by atoms with Crippen molar-refractivity contribution in [3.05, 3.63) is 0 Å². The molecule has 0 saturated carbocycles. The first-order valence-corrected chi connectivity index (χ1v) is 4.62. The third-order valence-electron chi connectivity index (χ3n) is 2.43. The van der Waals surface area contributed by atoms with E-state index in [1.54, 1.807) is 0 Å². The van der Waals surface area contributed by atoms with Gasteiger partial charge in [-0.2, -0.15) is 0 Å². The van der Waals surface area contributed by atoms with Crippen molar-refractivity contribution in [2.75, 3.05) is 26.4 Å². The van der Waals surface area contributed by atoms with Crippen molar-refractivity contribution in [1.29, 1.82) is 0 Å². The second-order valence-corrected chi connectivity index (χ2v) is 3.97. The zero-order chi connectivity index (χ0) is 9.03. The van der Waals surface area contributed by atoms with Crippen molar-refractivity contribution in [2.24, 2.45) is 5.41 Å². The molecule has 0 spiro atoms. The Morgan fingerprint density at radius 3 is 2.58 bits per heavy atom. The lowest BCUT2D eigenvalue weighted by atomic mass is 9.88. The summed E-state index contributed by atoms with van der Waals surface area (Å²) in [5, 5.41) is 12.3. The molecule has 0 aromatic heterocycles. The highest BCUT2D eigenvalue weighted by Crippen LogP contribution is 2.25. The molecule has 1 atom stereocenters. The molecule has 3 nitrogen and oxygen atoms in total. The molecular weight excluding hydrogens is 154 g/mol. The topological polar surface area (TPSA) is 41.5 Å². The molecule has 72 valence electrons. The average Bonchev–Trinajstić information content (AvgIpc) is 2.03. The molecule has 1 rings (SSSR count). The molecule has 0 aliphatic carbocycles. The first-order chi connectivity index (χ1) is 5.70. The summed E-state index contributed by atoms with van der Waals surface area (Å²) >= 11 is 0. The molecule has 1 heterocycles. The molecule has 1 fully saturated rings. The maximum Gasteiger partial charge on any atom is 0.0584 e. The van der Waals surface area contributed by atoms with Gasteiger partial charge in [-0.25, -0.2) is 0 Å². The monoisotopic (exact) mass is 173 g/mol. The standard InChI is InChI=1S/C9H19NO2/c1-3-8(4-11)10-5-9(2)6-12-7-9/h8,10-11H,3-7H2,1-2H3. The van der Waals surface area contributed by atoms with Crippen molar-refractivity contribution < 1.29 is 9.84 Å². The van der Waals surface area contributed by atoms with Crippen molar-refractivity contribution in [3.63, 3.8) is 0 Å². The molecule has 1 aliphatic heterocycles. The van der Waals surface area contributed by atoms with Gasteiger partial charge in [-0.15, -0.1) is 0 Å². The van der Waals surface area contributed by atoms with E-state index >= 15 is 0 Å². The zero-order valence-electron chi connectivity index (χ0n) is 7.97. The highest BCUT2D eigenvalue weighted by Gasteiger charge is 2.33. The Bertz CT molecular complexity index is 130. The number of hydrogen-bond donors (Lipinski definition) is 2. The Kier molecular flexibility index (Phi) is 3.50. The second kappa shape index (κ2) is 4.21. The summed E-state index contributed by atoms with van der Waals surface area (Å²) in [7, 11) is 0. The van der Waals surface area contributed by atoms with E-state index < -0.39 is 0 Å². The van der Waals surface area contributed by atoms with E-state index in [4.69, 9.17) is 9.84 Å².